The van der Waals surface area contributed by atoms with Crippen LogP contribution in [-0.2, 0) is 9.53 Å². The number of amides is 1. The number of carbonyl (C=O) groups excluding carboxylic acids is 2. The quantitative estimate of drug-likeness (QED) is 0.867. The molecule has 2 aromatic carbocycles. The largest absolute Gasteiger partial charge is 0.449 e. The Morgan fingerprint density at radius 3 is 2.25 bits per heavy atom. The van der Waals surface area contributed by atoms with Crippen molar-refractivity contribution in [1.29, 1.82) is 0 Å². The number of hydrogen-bond acceptors (Lipinski definition) is 3. The molecule has 0 bridgehead atoms. The van der Waals surface area contributed by atoms with Gasteiger partial charge in [-0.2, -0.15) is 0 Å². The molecule has 24 heavy (non-hydrogen) atoms. The lowest BCUT2D eigenvalue weighted by atomic mass is 10.1. The lowest BCUT2D eigenvalue weighted by Crippen LogP contribution is -2.30. The first kappa shape index (κ1) is 17.6. The van der Waals surface area contributed by atoms with E-state index in [-0.39, 0.29) is 5.56 Å². The Morgan fingerprint density at radius 2 is 1.67 bits per heavy atom. The fraction of sp³-hybridized carbons (Fsp3) is 0.222. The second kappa shape index (κ2) is 7.21. The average molecular weight is 333 g/mol. The second-order valence-electron chi connectivity index (χ2n) is 5.51. The Labute approximate surface area is 138 Å². The molecule has 4 nitrogen and oxygen atoms in total. The van der Waals surface area contributed by atoms with E-state index in [1.54, 1.807) is 6.07 Å². The molecular formula is C18H17F2NO3. The van der Waals surface area contributed by atoms with Gasteiger partial charge in [-0.1, -0.05) is 17.7 Å². The molecule has 1 N–H and O–H groups in total. The summed E-state index contributed by atoms with van der Waals surface area (Å²) in [6.07, 6.45) is -1.12. The number of benzene rings is 2. The zero-order valence-corrected chi connectivity index (χ0v) is 13.5. The molecule has 0 heterocycles. The lowest BCUT2D eigenvalue weighted by Gasteiger charge is -2.15. The number of esters is 1. The standard InChI is InChI=1S/C18H17F2NO3/c1-10-4-5-16(11(2)6-10)21-17(22)12(3)24-18(23)13-7-14(19)9-15(20)8-13/h4-9,12H,1-3H3,(H,21,22)/t12-/m0/s1. The van der Waals surface area contributed by atoms with Crippen LogP contribution in [0.4, 0.5) is 14.5 Å². The van der Waals surface area contributed by atoms with E-state index < -0.39 is 29.6 Å². The summed E-state index contributed by atoms with van der Waals surface area (Å²) in [6, 6.07) is 7.84. The van der Waals surface area contributed by atoms with Gasteiger partial charge in [0.1, 0.15) is 11.6 Å². The smallest absolute Gasteiger partial charge is 0.339 e. The average Bonchev–Trinajstić information content (AvgIpc) is 2.48. The molecule has 6 heteroatoms. The highest BCUT2D eigenvalue weighted by Crippen LogP contribution is 2.17. The number of rotatable bonds is 4. The first-order chi connectivity index (χ1) is 11.3. The van der Waals surface area contributed by atoms with Gasteiger partial charge < -0.3 is 10.1 Å². The van der Waals surface area contributed by atoms with E-state index in [2.05, 4.69) is 5.32 Å². The van der Waals surface area contributed by atoms with Gasteiger partial charge in [-0.25, -0.2) is 13.6 Å². The third-order valence-corrected chi connectivity index (χ3v) is 3.39. The summed E-state index contributed by atoms with van der Waals surface area (Å²) in [7, 11) is 0. The van der Waals surface area contributed by atoms with Gasteiger partial charge in [0.15, 0.2) is 6.10 Å². The minimum Gasteiger partial charge on any atom is -0.449 e. The minimum atomic E-state index is -1.12. The van der Waals surface area contributed by atoms with Crippen LogP contribution in [0.15, 0.2) is 36.4 Å². The molecule has 0 saturated carbocycles. The van der Waals surface area contributed by atoms with Crippen molar-refractivity contribution in [2.24, 2.45) is 0 Å². The van der Waals surface area contributed by atoms with E-state index in [1.165, 1.54) is 6.92 Å². The van der Waals surface area contributed by atoms with Crippen molar-refractivity contribution >= 4 is 17.6 Å². The summed E-state index contributed by atoms with van der Waals surface area (Å²) >= 11 is 0. The zero-order chi connectivity index (χ0) is 17.9. The van der Waals surface area contributed by atoms with Gasteiger partial charge in [-0.15, -0.1) is 0 Å². The summed E-state index contributed by atoms with van der Waals surface area (Å²) in [6.45, 7) is 5.16. The van der Waals surface area contributed by atoms with Crippen molar-refractivity contribution in [2.45, 2.75) is 26.9 Å². The van der Waals surface area contributed by atoms with Crippen LogP contribution in [0.5, 0.6) is 0 Å². The van der Waals surface area contributed by atoms with E-state index in [0.29, 0.717) is 11.8 Å². The highest BCUT2D eigenvalue weighted by Gasteiger charge is 2.20. The fourth-order valence-electron chi connectivity index (χ4n) is 2.14. The molecule has 0 aliphatic rings. The Morgan fingerprint density at radius 1 is 1.04 bits per heavy atom. The van der Waals surface area contributed by atoms with Crippen molar-refractivity contribution in [3.05, 3.63) is 64.7 Å². The van der Waals surface area contributed by atoms with Crippen LogP contribution in [0.2, 0.25) is 0 Å². The highest BCUT2D eigenvalue weighted by molar-refractivity contribution is 5.97. The van der Waals surface area contributed by atoms with Crippen molar-refractivity contribution in [3.8, 4) is 0 Å². The molecule has 1 amide bonds. The number of nitrogens with one attached hydrogen (secondary N) is 1. The lowest BCUT2D eigenvalue weighted by molar-refractivity contribution is -0.123. The molecule has 126 valence electrons. The molecule has 0 unspecified atom stereocenters. The molecule has 2 rings (SSSR count). The van der Waals surface area contributed by atoms with Crippen LogP contribution in [-0.4, -0.2) is 18.0 Å². The SMILES string of the molecule is Cc1ccc(NC(=O)[C@H](C)OC(=O)c2cc(F)cc(F)c2)c(C)c1. The Bertz CT molecular complexity index is 770. The monoisotopic (exact) mass is 333 g/mol. The minimum absolute atomic E-state index is 0.293. The van der Waals surface area contributed by atoms with Gasteiger partial charge >= 0.3 is 5.97 Å². The summed E-state index contributed by atoms with van der Waals surface area (Å²) in [5, 5.41) is 2.65. The third kappa shape index (κ3) is 4.38. The van der Waals surface area contributed by atoms with Crippen LogP contribution in [0.3, 0.4) is 0 Å². The topological polar surface area (TPSA) is 55.4 Å². The summed E-state index contributed by atoms with van der Waals surface area (Å²) in [4.78, 5) is 24.0. The fourth-order valence-corrected chi connectivity index (χ4v) is 2.14. The maximum Gasteiger partial charge on any atom is 0.339 e. The number of anilines is 1. The van der Waals surface area contributed by atoms with Crippen LogP contribution >= 0.6 is 0 Å². The van der Waals surface area contributed by atoms with E-state index in [1.807, 2.05) is 26.0 Å². The number of aryl methyl sites for hydroxylation is 2. The molecule has 0 fully saturated rings. The Balaban J connectivity index is 2.04. The van der Waals surface area contributed by atoms with Crippen molar-refractivity contribution in [3.63, 3.8) is 0 Å². The van der Waals surface area contributed by atoms with Gasteiger partial charge in [0, 0.05) is 11.8 Å². The van der Waals surface area contributed by atoms with E-state index >= 15 is 0 Å². The summed E-state index contributed by atoms with van der Waals surface area (Å²) in [5.41, 5.74) is 2.23. The van der Waals surface area contributed by atoms with E-state index in [0.717, 1.165) is 23.3 Å². The van der Waals surface area contributed by atoms with Gasteiger partial charge in [0.2, 0.25) is 0 Å². The van der Waals surface area contributed by atoms with Crippen LogP contribution in [0, 0.1) is 25.5 Å². The highest BCUT2D eigenvalue weighted by atomic mass is 19.1. The normalized spacial score (nSPS) is 11.7. The molecule has 0 aromatic heterocycles. The molecular weight excluding hydrogens is 316 g/mol. The third-order valence-electron chi connectivity index (χ3n) is 3.39. The van der Waals surface area contributed by atoms with Gasteiger partial charge in [0.25, 0.3) is 5.91 Å². The second-order valence-corrected chi connectivity index (χ2v) is 5.51. The predicted molar refractivity (Wildman–Crippen MR) is 85.8 cm³/mol. The molecule has 2 aromatic rings. The number of hydrogen-bond donors (Lipinski definition) is 1. The van der Waals surface area contributed by atoms with Crippen LogP contribution < -0.4 is 5.32 Å². The molecule has 0 aliphatic carbocycles. The molecule has 0 radical (unpaired) electrons. The maximum absolute atomic E-state index is 13.1. The number of ether oxygens (including phenoxy) is 1. The zero-order valence-electron chi connectivity index (χ0n) is 13.5. The Hall–Kier alpha value is -2.76. The molecule has 0 saturated heterocycles. The first-order valence-corrected chi connectivity index (χ1v) is 7.31. The maximum atomic E-state index is 13.1. The van der Waals surface area contributed by atoms with Crippen molar-refractivity contribution in [2.75, 3.05) is 5.32 Å². The van der Waals surface area contributed by atoms with E-state index in [9.17, 15) is 18.4 Å². The van der Waals surface area contributed by atoms with Gasteiger partial charge in [-0.05, 0) is 44.5 Å². The number of halogens is 2. The molecule has 1 atom stereocenters. The number of carbonyl (C=O) groups is 2. The van der Waals surface area contributed by atoms with Crippen molar-refractivity contribution < 1.29 is 23.1 Å². The van der Waals surface area contributed by atoms with Crippen LogP contribution in [0.25, 0.3) is 0 Å². The first-order valence-electron chi connectivity index (χ1n) is 7.31. The van der Waals surface area contributed by atoms with Gasteiger partial charge in [0.05, 0.1) is 5.56 Å². The van der Waals surface area contributed by atoms with Crippen LogP contribution in [0.1, 0.15) is 28.4 Å². The summed E-state index contributed by atoms with van der Waals surface area (Å²) in [5.74, 6) is -3.30. The van der Waals surface area contributed by atoms with Gasteiger partial charge in [-0.3, -0.25) is 4.79 Å². The van der Waals surface area contributed by atoms with E-state index in [4.69, 9.17) is 4.74 Å². The summed E-state index contributed by atoms with van der Waals surface area (Å²) < 4.78 is 31.2. The predicted octanol–water partition coefficient (Wildman–Crippen LogP) is 3.77. The molecule has 0 aliphatic heterocycles. The molecule has 0 spiro atoms. The Kier molecular flexibility index (Phi) is 5.28. The van der Waals surface area contributed by atoms with Crippen molar-refractivity contribution in [1.82, 2.24) is 0 Å².